The number of aromatic nitrogens is 1. The summed E-state index contributed by atoms with van der Waals surface area (Å²) in [5.74, 6) is 0.357. The van der Waals surface area contributed by atoms with Crippen LogP contribution in [-0.4, -0.2) is 35.1 Å². The lowest BCUT2D eigenvalue weighted by Gasteiger charge is -2.15. The Bertz CT molecular complexity index is 736. The first-order valence-electron chi connectivity index (χ1n) is 7.13. The Hall–Kier alpha value is -2.06. The monoisotopic (exact) mass is 313 g/mol. The zero-order valence-corrected chi connectivity index (χ0v) is 13.9. The molecule has 0 saturated carbocycles. The molecule has 0 aliphatic rings. The van der Waals surface area contributed by atoms with Crippen LogP contribution in [0.4, 0.5) is 0 Å². The molecule has 0 unspecified atom stereocenters. The van der Waals surface area contributed by atoms with Crippen LogP contribution in [0.5, 0.6) is 0 Å². The van der Waals surface area contributed by atoms with Gasteiger partial charge in [0.1, 0.15) is 0 Å². The van der Waals surface area contributed by atoms with E-state index in [-0.39, 0.29) is 5.91 Å². The van der Waals surface area contributed by atoms with Gasteiger partial charge in [-0.3, -0.25) is 4.79 Å². The third kappa shape index (κ3) is 3.77. The summed E-state index contributed by atoms with van der Waals surface area (Å²) in [6, 6.07) is 10.2. The number of nitrogens with zero attached hydrogens (tertiary/aromatic N) is 3. The molecule has 1 aromatic carbocycles. The Labute approximate surface area is 135 Å². The van der Waals surface area contributed by atoms with Gasteiger partial charge in [-0.25, -0.2) is 4.98 Å². The first-order valence-corrected chi connectivity index (χ1v) is 8.12. The van der Waals surface area contributed by atoms with Crippen LogP contribution in [0.15, 0.2) is 29.3 Å². The van der Waals surface area contributed by atoms with E-state index in [9.17, 15) is 4.79 Å². The maximum atomic E-state index is 12.0. The van der Waals surface area contributed by atoms with Gasteiger partial charge in [0.2, 0.25) is 5.91 Å². The van der Waals surface area contributed by atoms with Crippen molar-refractivity contribution in [3.8, 4) is 6.07 Å². The smallest absolute Gasteiger partial charge is 0.232 e. The number of aryl methyl sites for hydroxylation is 2. The second-order valence-corrected chi connectivity index (χ2v) is 6.26. The maximum absolute atomic E-state index is 12.0. The average Bonchev–Trinajstić information content (AvgIpc) is 2.51. The van der Waals surface area contributed by atoms with E-state index >= 15 is 0 Å². The quantitative estimate of drug-likeness (QED) is 0.795. The molecule has 4 nitrogen and oxygen atoms in total. The lowest BCUT2D eigenvalue weighted by Crippen LogP contribution is -2.29. The summed E-state index contributed by atoms with van der Waals surface area (Å²) < 4.78 is 0. The van der Waals surface area contributed by atoms with Crippen LogP contribution in [0.1, 0.15) is 17.5 Å². The molecular weight excluding hydrogens is 294 g/mol. The van der Waals surface area contributed by atoms with Gasteiger partial charge in [0.25, 0.3) is 0 Å². The van der Waals surface area contributed by atoms with E-state index < -0.39 is 0 Å². The highest BCUT2D eigenvalue weighted by atomic mass is 32.2. The van der Waals surface area contributed by atoms with Gasteiger partial charge in [0.15, 0.2) is 0 Å². The Morgan fingerprint density at radius 1 is 1.36 bits per heavy atom. The van der Waals surface area contributed by atoms with Crippen molar-refractivity contribution >= 4 is 28.6 Å². The lowest BCUT2D eigenvalue weighted by molar-refractivity contribution is -0.127. The molecule has 0 aliphatic heterocycles. The molecule has 5 heteroatoms. The molecule has 0 spiro atoms. The number of para-hydroxylation sites is 1. The van der Waals surface area contributed by atoms with Crippen molar-refractivity contribution in [3.05, 3.63) is 35.4 Å². The standard InChI is InChI=1S/C17H19N3OS/c1-12-6-4-7-14-13(2)10-15(19-17(12)14)22-11-16(21)20(3)9-5-8-18/h4,6-7,10H,5,9,11H2,1-3H3. The number of rotatable bonds is 5. The molecule has 0 fully saturated rings. The predicted molar refractivity (Wildman–Crippen MR) is 89.8 cm³/mol. The summed E-state index contributed by atoms with van der Waals surface area (Å²) in [5.41, 5.74) is 3.30. The van der Waals surface area contributed by atoms with Crippen molar-refractivity contribution in [2.75, 3.05) is 19.3 Å². The fourth-order valence-corrected chi connectivity index (χ4v) is 3.10. The van der Waals surface area contributed by atoms with Gasteiger partial charge in [-0.1, -0.05) is 30.0 Å². The largest absolute Gasteiger partial charge is 0.344 e. The minimum atomic E-state index is 0.0181. The van der Waals surface area contributed by atoms with Crippen LogP contribution in [0.3, 0.4) is 0 Å². The molecule has 1 aromatic heterocycles. The van der Waals surface area contributed by atoms with E-state index in [2.05, 4.69) is 18.0 Å². The number of fused-ring (bicyclic) bond motifs is 1. The zero-order valence-electron chi connectivity index (χ0n) is 13.1. The summed E-state index contributed by atoms with van der Waals surface area (Å²) in [6.07, 6.45) is 0.361. The molecule has 2 rings (SSSR count). The summed E-state index contributed by atoms with van der Waals surface area (Å²) in [5, 5.41) is 10.6. The van der Waals surface area contributed by atoms with Gasteiger partial charge in [-0.15, -0.1) is 0 Å². The van der Waals surface area contributed by atoms with E-state index in [4.69, 9.17) is 5.26 Å². The lowest BCUT2D eigenvalue weighted by atomic mass is 10.1. The van der Waals surface area contributed by atoms with Crippen LogP contribution in [0, 0.1) is 25.2 Å². The number of hydrogen-bond acceptors (Lipinski definition) is 4. The van der Waals surface area contributed by atoms with Gasteiger partial charge in [0, 0.05) is 19.0 Å². The van der Waals surface area contributed by atoms with E-state index in [1.807, 2.05) is 31.2 Å². The second kappa shape index (κ2) is 7.28. The minimum Gasteiger partial charge on any atom is -0.344 e. The van der Waals surface area contributed by atoms with E-state index in [1.54, 1.807) is 11.9 Å². The molecule has 0 saturated heterocycles. The normalized spacial score (nSPS) is 10.5. The average molecular weight is 313 g/mol. The summed E-state index contributed by atoms with van der Waals surface area (Å²) in [4.78, 5) is 18.3. The van der Waals surface area contributed by atoms with Crippen LogP contribution in [0.25, 0.3) is 10.9 Å². The van der Waals surface area contributed by atoms with E-state index in [0.29, 0.717) is 18.7 Å². The van der Waals surface area contributed by atoms with Gasteiger partial charge < -0.3 is 4.90 Å². The van der Waals surface area contributed by atoms with Crippen molar-refractivity contribution in [3.63, 3.8) is 0 Å². The van der Waals surface area contributed by atoms with Gasteiger partial charge >= 0.3 is 0 Å². The number of carbonyl (C=O) groups is 1. The van der Waals surface area contributed by atoms with Crippen LogP contribution in [-0.2, 0) is 4.79 Å². The number of nitriles is 1. The Morgan fingerprint density at radius 3 is 2.86 bits per heavy atom. The highest BCUT2D eigenvalue weighted by molar-refractivity contribution is 7.99. The third-order valence-corrected chi connectivity index (χ3v) is 4.45. The summed E-state index contributed by atoms with van der Waals surface area (Å²) >= 11 is 1.44. The number of benzene rings is 1. The van der Waals surface area contributed by atoms with Gasteiger partial charge in [0.05, 0.1) is 28.8 Å². The molecular formula is C17H19N3OS. The Kier molecular flexibility index (Phi) is 5.40. The number of carbonyl (C=O) groups excluding carboxylic acids is 1. The van der Waals surface area contributed by atoms with Crippen molar-refractivity contribution < 1.29 is 4.79 Å². The van der Waals surface area contributed by atoms with Gasteiger partial charge in [-0.2, -0.15) is 5.26 Å². The maximum Gasteiger partial charge on any atom is 0.232 e. The third-order valence-electron chi connectivity index (χ3n) is 3.55. The highest BCUT2D eigenvalue weighted by Crippen LogP contribution is 2.25. The fraction of sp³-hybridized carbons (Fsp3) is 0.353. The Balaban J connectivity index is 2.11. The fourth-order valence-electron chi connectivity index (χ4n) is 2.19. The molecule has 0 atom stereocenters. The molecule has 0 radical (unpaired) electrons. The van der Waals surface area contributed by atoms with Crippen LogP contribution >= 0.6 is 11.8 Å². The molecule has 1 heterocycles. The number of pyridine rings is 1. The molecule has 0 N–H and O–H groups in total. The SMILES string of the molecule is Cc1cc(SCC(=O)N(C)CCC#N)nc2c(C)cccc12. The topological polar surface area (TPSA) is 57.0 Å². The van der Waals surface area contributed by atoms with Crippen molar-refractivity contribution in [2.45, 2.75) is 25.3 Å². The Morgan fingerprint density at radius 2 is 2.14 bits per heavy atom. The number of amides is 1. The second-order valence-electron chi connectivity index (χ2n) is 5.26. The van der Waals surface area contributed by atoms with Gasteiger partial charge in [-0.05, 0) is 31.0 Å². The van der Waals surface area contributed by atoms with Crippen molar-refractivity contribution in [1.82, 2.24) is 9.88 Å². The van der Waals surface area contributed by atoms with E-state index in [0.717, 1.165) is 21.5 Å². The number of thioether (sulfide) groups is 1. The molecule has 22 heavy (non-hydrogen) atoms. The molecule has 0 aliphatic carbocycles. The first kappa shape index (κ1) is 16.3. The first-order chi connectivity index (χ1) is 10.5. The summed E-state index contributed by atoms with van der Waals surface area (Å²) in [6.45, 7) is 4.58. The van der Waals surface area contributed by atoms with Crippen molar-refractivity contribution in [2.24, 2.45) is 0 Å². The number of hydrogen-bond donors (Lipinski definition) is 0. The predicted octanol–water partition coefficient (Wildman–Crippen LogP) is 3.32. The molecule has 1 amide bonds. The summed E-state index contributed by atoms with van der Waals surface area (Å²) in [7, 11) is 1.73. The van der Waals surface area contributed by atoms with Crippen LogP contribution < -0.4 is 0 Å². The van der Waals surface area contributed by atoms with E-state index in [1.165, 1.54) is 17.3 Å². The zero-order chi connectivity index (χ0) is 16.1. The minimum absolute atomic E-state index is 0.0181. The van der Waals surface area contributed by atoms with Crippen molar-refractivity contribution in [1.29, 1.82) is 5.26 Å². The molecule has 2 aromatic rings. The van der Waals surface area contributed by atoms with Crippen LogP contribution in [0.2, 0.25) is 0 Å². The highest BCUT2D eigenvalue weighted by Gasteiger charge is 2.11. The molecule has 114 valence electrons. The molecule has 0 bridgehead atoms.